The molecule has 2 aliphatic rings. The van der Waals surface area contributed by atoms with Gasteiger partial charge in [-0.05, 0) is 44.4 Å². The minimum atomic E-state index is 0. The van der Waals surface area contributed by atoms with E-state index in [0.717, 1.165) is 70.4 Å². The van der Waals surface area contributed by atoms with Crippen LogP contribution in [0.15, 0.2) is 53.5 Å². The van der Waals surface area contributed by atoms with Crippen LogP contribution in [0.4, 0.5) is 5.69 Å². The Kier molecular flexibility index (Phi) is 9.67. The number of nitrogens with zero attached hydrogens (tertiary/aromatic N) is 3. The van der Waals surface area contributed by atoms with Crippen molar-refractivity contribution in [3.8, 4) is 5.75 Å². The summed E-state index contributed by atoms with van der Waals surface area (Å²) in [6.45, 7) is 10.2. The van der Waals surface area contributed by atoms with E-state index in [1.807, 2.05) is 18.2 Å². The Morgan fingerprint density at radius 3 is 2.52 bits per heavy atom. The van der Waals surface area contributed by atoms with E-state index < -0.39 is 0 Å². The Labute approximate surface area is 215 Å². The second-order valence-corrected chi connectivity index (χ2v) is 8.76. The van der Waals surface area contributed by atoms with Gasteiger partial charge in [-0.15, -0.1) is 24.0 Å². The highest BCUT2D eigenvalue weighted by Crippen LogP contribution is 2.34. The lowest BCUT2D eigenvalue weighted by molar-refractivity contribution is -0.0250. The molecule has 6 nitrogen and oxygen atoms in total. The van der Waals surface area contributed by atoms with Crippen LogP contribution in [0.25, 0.3) is 0 Å². The number of hydrogen-bond donors (Lipinski definition) is 2. The molecule has 2 aliphatic heterocycles. The molecular formula is C26H37IN4O2. The summed E-state index contributed by atoms with van der Waals surface area (Å²) < 4.78 is 6.19. The fourth-order valence-electron chi connectivity index (χ4n) is 4.68. The highest BCUT2D eigenvalue weighted by Gasteiger charge is 2.28. The van der Waals surface area contributed by atoms with Gasteiger partial charge in [-0.1, -0.05) is 42.0 Å². The van der Waals surface area contributed by atoms with Crippen molar-refractivity contribution in [2.24, 2.45) is 10.9 Å². The van der Waals surface area contributed by atoms with Gasteiger partial charge in [0.1, 0.15) is 5.75 Å². The topological polar surface area (TPSA) is 60.3 Å². The molecule has 180 valence electrons. The maximum Gasteiger partial charge on any atom is 0.194 e. The summed E-state index contributed by atoms with van der Waals surface area (Å²) in [5.74, 6) is 1.72. The number of ether oxygens (including phenoxy) is 1. The number of aliphatic imine (C=N–C) groups is 1. The number of halogens is 1. The number of benzene rings is 2. The standard InChI is InChI=1S/C26H36N4O2.HI/c1-3-27-26(30-16-14-29(15-17-30)23-8-4-5-9-24(23)31)28-19-22-7-6-18-32-25(22)21-12-10-20(2)11-13-21;/h4-5,8-13,22,25,31H,3,6-7,14-19H2,1-2H3,(H,27,28);1H. The highest BCUT2D eigenvalue weighted by molar-refractivity contribution is 14.0. The van der Waals surface area contributed by atoms with Crippen molar-refractivity contribution in [2.45, 2.75) is 32.8 Å². The smallest absolute Gasteiger partial charge is 0.194 e. The van der Waals surface area contributed by atoms with E-state index in [9.17, 15) is 5.11 Å². The zero-order valence-corrected chi connectivity index (χ0v) is 22.1. The van der Waals surface area contributed by atoms with Crippen molar-refractivity contribution in [3.05, 3.63) is 59.7 Å². The van der Waals surface area contributed by atoms with Crippen LogP contribution in [0.5, 0.6) is 5.75 Å². The third-order valence-corrected chi connectivity index (χ3v) is 6.46. The summed E-state index contributed by atoms with van der Waals surface area (Å²) >= 11 is 0. The molecule has 0 radical (unpaired) electrons. The van der Waals surface area contributed by atoms with Crippen molar-refractivity contribution in [1.29, 1.82) is 0 Å². The lowest BCUT2D eigenvalue weighted by Gasteiger charge is -2.38. The molecule has 0 aliphatic carbocycles. The predicted octanol–water partition coefficient (Wildman–Crippen LogP) is 4.57. The van der Waals surface area contributed by atoms with Gasteiger partial charge in [0, 0.05) is 51.8 Å². The van der Waals surface area contributed by atoms with Crippen LogP contribution < -0.4 is 10.2 Å². The number of aryl methyl sites for hydroxylation is 1. The van der Waals surface area contributed by atoms with E-state index in [0.29, 0.717) is 11.7 Å². The van der Waals surface area contributed by atoms with Crippen LogP contribution in [0.2, 0.25) is 0 Å². The molecule has 2 aromatic rings. The SMILES string of the molecule is CCNC(=NCC1CCCOC1c1ccc(C)cc1)N1CCN(c2ccccc2O)CC1.I. The molecule has 2 fully saturated rings. The molecule has 33 heavy (non-hydrogen) atoms. The number of aromatic hydroxyl groups is 1. The molecule has 2 N–H and O–H groups in total. The van der Waals surface area contributed by atoms with Gasteiger partial charge in [0.05, 0.1) is 11.8 Å². The van der Waals surface area contributed by atoms with Gasteiger partial charge < -0.3 is 25.0 Å². The number of phenols is 1. The largest absolute Gasteiger partial charge is 0.506 e. The number of para-hydroxylation sites is 2. The summed E-state index contributed by atoms with van der Waals surface area (Å²) in [5, 5.41) is 13.7. The van der Waals surface area contributed by atoms with E-state index in [1.165, 1.54) is 11.1 Å². The van der Waals surface area contributed by atoms with Gasteiger partial charge >= 0.3 is 0 Å². The highest BCUT2D eigenvalue weighted by atomic mass is 127. The van der Waals surface area contributed by atoms with Gasteiger partial charge in [0.15, 0.2) is 5.96 Å². The number of anilines is 1. The Balaban J connectivity index is 0.00000306. The lowest BCUT2D eigenvalue weighted by Crippen LogP contribution is -2.52. The van der Waals surface area contributed by atoms with Gasteiger partial charge in [-0.2, -0.15) is 0 Å². The average molecular weight is 565 g/mol. The molecule has 0 saturated carbocycles. The molecule has 0 bridgehead atoms. The Hall–Kier alpha value is -2.00. The molecular weight excluding hydrogens is 527 g/mol. The van der Waals surface area contributed by atoms with Crippen LogP contribution in [0.3, 0.4) is 0 Å². The third kappa shape index (κ3) is 6.53. The van der Waals surface area contributed by atoms with E-state index in [4.69, 9.17) is 9.73 Å². The summed E-state index contributed by atoms with van der Waals surface area (Å²) in [5.41, 5.74) is 3.45. The minimum Gasteiger partial charge on any atom is -0.506 e. The second-order valence-electron chi connectivity index (χ2n) is 8.76. The van der Waals surface area contributed by atoms with Crippen molar-refractivity contribution in [1.82, 2.24) is 10.2 Å². The monoisotopic (exact) mass is 564 g/mol. The van der Waals surface area contributed by atoms with E-state index >= 15 is 0 Å². The molecule has 2 atom stereocenters. The number of guanidine groups is 1. The van der Waals surface area contributed by atoms with E-state index in [2.05, 4.69) is 53.2 Å². The number of rotatable bonds is 5. The van der Waals surface area contributed by atoms with Gasteiger partial charge in [0.2, 0.25) is 0 Å². The predicted molar refractivity (Wildman–Crippen MR) is 146 cm³/mol. The van der Waals surface area contributed by atoms with Crippen molar-refractivity contribution < 1.29 is 9.84 Å². The first-order chi connectivity index (χ1) is 15.7. The Morgan fingerprint density at radius 1 is 1.09 bits per heavy atom. The van der Waals surface area contributed by atoms with E-state index in [1.54, 1.807) is 6.07 Å². The first-order valence-corrected chi connectivity index (χ1v) is 11.9. The number of nitrogens with one attached hydrogen (secondary N) is 1. The maximum absolute atomic E-state index is 10.2. The van der Waals surface area contributed by atoms with Crippen molar-refractivity contribution in [2.75, 3.05) is 50.8 Å². The molecule has 0 aromatic heterocycles. The molecule has 2 heterocycles. The lowest BCUT2D eigenvalue weighted by atomic mass is 9.89. The van der Waals surface area contributed by atoms with Gasteiger partial charge in [0.25, 0.3) is 0 Å². The molecule has 2 unspecified atom stereocenters. The third-order valence-electron chi connectivity index (χ3n) is 6.46. The van der Waals surface area contributed by atoms with Gasteiger partial charge in [-0.3, -0.25) is 4.99 Å². The summed E-state index contributed by atoms with van der Waals surface area (Å²) in [7, 11) is 0. The molecule has 0 amide bonds. The van der Waals surface area contributed by atoms with Crippen LogP contribution in [-0.4, -0.2) is 61.8 Å². The maximum atomic E-state index is 10.2. The van der Waals surface area contributed by atoms with Crippen molar-refractivity contribution >= 4 is 35.6 Å². The zero-order valence-electron chi connectivity index (χ0n) is 19.7. The van der Waals surface area contributed by atoms with Crippen LogP contribution in [-0.2, 0) is 4.74 Å². The Morgan fingerprint density at radius 2 is 1.82 bits per heavy atom. The first-order valence-electron chi connectivity index (χ1n) is 11.9. The first kappa shape index (κ1) is 25.6. The number of hydrogen-bond acceptors (Lipinski definition) is 4. The average Bonchev–Trinajstić information content (AvgIpc) is 2.83. The quantitative estimate of drug-likeness (QED) is 0.317. The van der Waals surface area contributed by atoms with Crippen LogP contribution in [0, 0.1) is 12.8 Å². The zero-order chi connectivity index (χ0) is 22.3. The van der Waals surface area contributed by atoms with E-state index in [-0.39, 0.29) is 30.1 Å². The fourth-order valence-corrected chi connectivity index (χ4v) is 4.68. The molecule has 2 saturated heterocycles. The van der Waals surface area contributed by atoms with Crippen LogP contribution >= 0.6 is 24.0 Å². The molecule has 4 rings (SSSR count). The van der Waals surface area contributed by atoms with Crippen LogP contribution in [0.1, 0.15) is 37.0 Å². The second kappa shape index (κ2) is 12.5. The van der Waals surface area contributed by atoms with Gasteiger partial charge in [-0.25, -0.2) is 0 Å². The summed E-state index contributed by atoms with van der Waals surface area (Å²) in [4.78, 5) is 9.64. The summed E-state index contributed by atoms with van der Waals surface area (Å²) in [6, 6.07) is 16.3. The molecule has 0 spiro atoms. The fraction of sp³-hybridized carbons (Fsp3) is 0.500. The summed E-state index contributed by atoms with van der Waals surface area (Å²) in [6.07, 6.45) is 2.36. The molecule has 7 heteroatoms. The number of phenolic OH excluding ortho intramolecular Hbond substituents is 1. The normalized spacial score (nSPS) is 21.5. The van der Waals surface area contributed by atoms with Crippen molar-refractivity contribution in [3.63, 3.8) is 0 Å². The Bertz CT molecular complexity index is 897. The minimum absolute atomic E-state index is 0. The number of piperazine rings is 1. The molecule has 2 aromatic carbocycles.